The molecule has 9 heavy (non-hydrogen) atoms. The molecule has 0 aromatic heterocycles. The average Bonchev–Trinajstić information content (AvgIpc) is 2.10. The lowest BCUT2D eigenvalue weighted by molar-refractivity contribution is 0.0808. The Bertz CT molecular complexity index is 99.1. The minimum atomic E-state index is 0.319. The van der Waals surface area contributed by atoms with E-state index < -0.39 is 0 Å². The highest BCUT2D eigenvalue weighted by molar-refractivity contribution is 6.11. The Morgan fingerprint density at radius 2 is 2.44 bits per heavy atom. The Hall–Kier alpha value is -0.0151. The molecule has 0 aliphatic carbocycles. The van der Waals surface area contributed by atoms with E-state index >= 15 is 0 Å². The summed E-state index contributed by atoms with van der Waals surface area (Å²) in [4.78, 5) is 0. The summed E-state index contributed by atoms with van der Waals surface area (Å²) in [5.74, 6) is 0.657. The summed E-state index contributed by atoms with van der Waals surface area (Å²) in [6, 6.07) is 0.425. The summed E-state index contributed by atoms with van der Waals surface area (Å²) in [6.07, 6.45) is 1.49. The van der Waals surface area contributed by atoms with E-state index in [-0.39, 0.29) is 0 Å². The maximum Gasteiger partial charge on any atom is 0.139 e. The lowest BCUT2D eigenvalue weighted by atomic mass is 9.92. The van der Waals surface area contributed by atoms with Gasteiger partial charge in [-0.1, -0.05) is 6.92 Å². The molecule has 1 aliphatic rings. The zero-order valence-electron chi connectivity index (χ0n) is 6.13. The van der Waals surface area contributed by atoms with Crippen molar-refractivity contribution >= 4 is 7.85 Å². The normalized spacial score (nSPS) is 43.6. The van der Waals surface area contributed by atoms with Gasteiger partial charge in [0.2, 0.25) is 0 Å². The molecular formula is C6H14BNO. The van der Waals surface area contributed by atoms with Crippen LogP contribution in [0.3, 0.4) is 0 Å². The molecule has 0 amide bonds. The van der Waals surface area contributed by atoms with Crippen molar-refractivity contribution in [1.82, 2.24) is 0 Å². The SMILES string of the molecule is BC1CC(C)C(CN)O1. The van der Waals surface area contributed by atoms with Gasteiger partial charge in [-0.25, -0.2) is 0 Å². The molecule has 0 spiro atoms. The van der Waals surface area contributed by atoms with Crippen molar-refractivity contribution in [1.29, 1.82) is 0 Å². The van der Waals surface area contributed by atoms with Crippen LogP contribution in [0.2, 0.25) is 0 Å². The fourth-order valence-electron chi connectivity index (χ4n) is 1.45. The van der Waals surface area contributed by atoms with Gasteiger partial charge < -0.3 is 10.5 Å². The van der Waals surface area contributed by atoms with Crippen LogP contribution in [0.1, 0.15) is 13.3 Å². The van der Waals surface area contributed by atoms with Gasteiger partial charge in [0.25, 0.3) is 0 Å². The van der Waals surface area contributed by atoms with Gasteiger partial charge in [-0.15, -0.1) is 0 Å². The van der Waals surface area contributed by atoms with Gasteiger partial charge in [0.15, 0.2) is 0 Å². The Morgan fingerprint density at radius 3 is 2.67 bits per heavy atom. The van der Waals surface area contributed by atoms with Crippen LogP contribution in [-0.2, 0) is 4.74 Å². The lowest BCUT2D eigenvalue weighted by Crippen LogP contribution is -2.24. The van der Waals surface area contributed by atoms with Crippen LogP contribution in [0.4, 0.5) is 0 Å². The summed E-state index contributed by atoms with van der Waals surface area (Å²) in [5.41, 5.74) is 5.46. The maximum absolute atomic E-state index is 5.50. The van der Waals surface area contributed by atoms with Crippen LogP contribution < -0.4 is 5.73 Å². The average molecular weight is 127 g/mol. The van der Waals surface area contributed by atoms with E-state index in [2.05, 4.69) is 14.8 Å². The molecule has 0 aromatic carbocycles. The number of ether oxygens (including phenoxy) is 1. The standard InChI is InChI=1S/C6H14BNO/c1-4-2-6(7)9-5(4)3-8/h4-6H,2-3,7-8H2,1H3. The minimum absolute atomic E-state index is 0.319. The molecular weight excluding hydrogens is 113 g/mol. The maximum atomic E-state index is 5.50. The van der Waals surface area contributed by atoms with Crippen LogP contribution in [0.25, 0.3) is 0 Å². The largest absolute Gasteiger partial charge is 0.382 e. The molecule has 2 N–H and O–H groups in total. The zero-order valence-corrected chi connectivity index (χ0v) is 6.13. The molecule has 3 atom stereocenters. The van der Waals surface area contributed by atoms with Crippen LogP contribution in [0.5, 0.6) is 0 Å². The first-order valence-corrected chi connectivity index (χ1v) is 3.59. The second kappa shape index (κ2) is 2.71. The van der Waals surface area contributed by atoms with Crippen LogP contribution in [0, 0.1) is 5.92 Å². The third-order valence-corrected chi connectivity index (χ3v) is 1.98. The van der Waals surface area contributed by atoms with E-state index in [1.807, 2.05) is 0 Å². The molecule has 1 rings (SSSR count). The molecule has 52 valence electrons. The lowest BCUT2D eigenvalue weighted by Gasteiger charge is -2.10. The molecule has 1 fully saturated rings. The molecule has 2 nitrogen and oxygen atoms in total. The fraction of sp³-hybridized carbons (Fsp3) is 1.00. The third kappa shape index (κ3) is 1.46. The topological polar surface area (TPSA) is 35.2 Å². The minimum Gasteiger partial charge on any atom is -0.382 e. The van der Waals surface area contributed by atoms with Gasteiger partial charge in [-0.2, -0.15) is 0 Å². The molecule has 1 aliphatic heterocycles. The molecule has 0 saturated carbocycles. The fourth-order valence-corrected chi connectivity index (χ4v) is 1.45. The first-order chi connectivity index (χ1) is 4.24. The predicted octanol–water partition coefficient (Wildman–Crippen LogP) is -0.671. The molecule has 3 unspecified atom stereocenters. The second-order valence-electron chi connectivity index (χ2n) is 2.93. The second-order valence-corrected chi connectivity index (χ2v) is 2.93. The highest BCUT2D eigenvalue weighted by atomic mass is 16.5. The van der Waals surface area contributed by atoms with Gasteiger partial charge in [0.1, 0.15) is 7.85 Å². The van der Waals surface area contributed by atoms with E-state index in [0.29, 0.717) is 24.6 Å². The van der Waals surface area contributed by atoms with Gasteiger partial charge in [-0.3, -0.25) is 0 Å². The van der Waals surface area contributed by atoms with E-state index in [9.17, 15) is 0 Å². The van der Waals surface area contributed by atoms with Crippen LogP contribution in [0.15, 0.2) is 0 Å². The Kier molecular flexibility index (Phi) is 2.14. The van der Waals surface area contributed by atoms with Crippen molar-refractivity contribution in [2.24, 2.45) is 11.7 Å². The Labute approximate surface area is 57.2 Å². The van der Waals surface area contributed by atoms with Crippen molar-refractivity contribution in [3.63, 3.8) is 0 Å². The zero-order chi connectivity index (χ0) is 6.85. The Balaban J connectivity index is 2.38. The van der Waals surface area contributed by atoms with Crippen molar-refractivity contribution in [3.8, 4) is 0 Å². The van der Waals surface area contributed by atoms with Crippen molar-refractivity contribution < 1.29 is 4.74 Å². The highest BCUT2D eigenvalue weighted by Gasteiger charge is 2.27. The van der Waals surface area contributed by atoms with E-state index in [1.165, 1.54) is 6.42 Å². The van der Waals surface area contributed by atoms with Gasteiger partial charge in [-0.05, 0) is 12.3 Å². The van der Waals surface area contributed by atoms with E-state index in [0.717, 1.165) is 0 Å². The number of nitrogens with two attached hydrogens (primary N) is 1. The molecule has 1 saturated heterocycles. The van der Waals surface area contributed by atoms with E-state index in [1.54, 1.807) is 0 Å². The number of hydrogen-bond acceptors (Lipinski definition) is 2. The third-order valence-electron chi connectivity index (χ3n) is 1.98. The summed E-state index contributed by atoms with van der Waals surface area (Å²) >= 11 is 0. The first kappa shape index (κ1) is 7.10. The number of hydrogen-bond donors (Lipinski definition) is 1. The molecule has 0 bridgehead atoms. The van der Waals surface area contributed by atoms with Crippen molar-refractivity contribution in [2.45, 2.75) is 25.5 Å². The summed E-state index contributed by atoms with van der Waals surface area (Å²) in [5, 5.41) is 0. The van der Waals surface area contributed by atoms with Crippen LogP contribution >= 0.6 is 0 Å². The summed E-state index contributed by atoms with van der Waals surface area (Å²) < 4.78 is 5.50. The molecule has 0 radical (unpaired) electrons. The highest BCUT2D eigenvalue weighted by Crippen LogP contribution is 2.22. The molecule has 3 heteroatoms. The van der Waals surface area contributed by atoms with Crippen molar-refractivity contribution in [2.75, 3.05) is 6.54 Å². The monoisotopic (exact) mass is 127 g/mol. The van der Waals surface area contributed by atoms with Gasteiger partial charge in [0.05, 0.1) is 6.10 Å². The van der Waals surface area contributed by atoms with Gasteiger partial charge >= 0.3 is 0 Å². The predicted molar refractivity (Wildman–Crippen MR) is 40.0 cm³/mol. The van der Waals surface area contributed by atoms with Crippen LogP contribution in [-0.4, -0.2) is 26.5 Å². The van der Waals surface area contributed by atoms with Gasteiger partial charge in [0, 0.05) is 12.5 Å². The molecule has 1 heterocycles. The summed E-state index contributed by atoms with van der Waals surface area (Å²) in [6.45, 7) is 2.87. The Morgan fingerprint density at radius 1 is 1.78 bits per heavy atom. The smallest absolute Gasteiger partial charge is 0.139 e. The quantitative estimate of drug-likeness (QED) is 0.474. The summed E-state index contributed by atoms with van der Waals surface area (Å²) in [7, 11) is 2.10. The van der Waals surface area contributed by atoms with E-state index in [4.69, 9.17) is 10.5 Å². The van der Waals surface area contributed by atoms with Crippen molar-refractivity contribution in [3.05, 3.63) is 0 Å². The number of rotatable bonds is 1. The molecule has 0 aromatic rings. The first-order valence-electron chi connectivity index (χ1n) is 3.59.